The summed E-state index contributed by atoms with van der Waals surface area (Å²) in [6.07, 6.45) is 65.5. The Hall–Kier alpha value is -0.910. The molecule has 62 heavy (non-hydrogen) atoms. The number of carbonyl (C=O) groups is 1. The molecule has 0 saturated carbocycles. The number of aliphatic hydroxyl groups excluding tert-OH is 3. The number of hydrogen-bond acceptors (Lipinski definition) is 4. The van der Waals surface area contributed by atoms with Gasteiger partial charge in [0.25, 0.3) is 0 Å². The Morgan fingerprint density at radius 1 is 0.371 bits per heavy atom. The van der Waals surface area contributed by atoms with Crippen LogP contribution in [-0.4, -0.2) is 46.1 Å². The van der Waals surface area contributed by atoms with E-state index >= 15 is 0 Å². The van der Waals surface area contributed by atoms with E-state index in [9.17, 15) is 20.1 Å². The summed E-state index contributed by atoms with van der Waals surface area (Å²) in [4.78, 5) is 12.6. The van der Waals surface area contributed by atoms with Gasteiger partial charge in [-0.3, -0.25) is 4.79 Å². The van der Waals surface area contributed by atoms with Gasteiger partial charge >= 0.3 is 0 Å². The minimum Gasteiger partial charge on any atom is -0.394 e. The molecule has 3 atom stereocenters. The van der Waals surface area contributed by atoms with E-state index in [1.54, 1.807) is 0 Å². The first-order valence-electron chi connectivity index (χ1n) is 28.5. The number of allylic oxidation sites excluding steroid dienone is 2. The van der Waals surface area contributed by atoms with Gasteiger partial charge in [-0.25, -0.2) is 0 Å². The van der Waals surface area contributed by atoms with Gasteiger partial charge < -0.3 is 20.6 Å². The molecule has 0 aromatic heterocycles. The molecule has 0 fully saturated rings. The molecule has 0 aliphatic heterocycles. The Balaban J connectivity index is 3.48. The van der Waals surface area contributed by atoms with Crippen LogP contribution >= 0.6 is 0 Å². The van der Waals surface area contributed by atoms with Gasteiger partial charge in [-0.1, -0.05) is 296 Å². The molecule has 5 nitrogen and oxygen atoms in total. The normalized spacial score (nSPS) is 13.3. The van der Waals surface area contributed by atoms with Crippen LogP contribution in [0.3, 0.4) is 0 Å². The second-order valence-electron chi connectivity index (χ2n) is 19.9. The third-order valence-electron chi connectivity index (χ3n) is 13.6. The topological polar surface area (TPSA) is 89.8 Å². The SMILES string of the molecule is CCCCCCCCCCCCCC/C=C\CCCCCCCCCCCCCCCCCC(O)C(=O)NC(CO)C(O)CCCCCCCCCCCCCCCCCCC. The highest BCUT2D eigenvalue weighted by Gasteiger charge is 2.23. The monoisotopic (exact) mass is 876 g/mol. The molecule has 5 heteroatoms. The Morgan fingerprint density at radius 3 is 0.887 bits per heavy atom. The van der Waals surface area contributed by atoms with Crippen molar-refractivity contribution in [1.29, 1.82) is 0 Å². The van der Waals surface area contributed by atoms with E-state index in [1.165, 1.54) is 263 Å². The molecule has 370 valence electrons. The van der Waals surface area contributed by atoms with E-state index in [-0.39, 0.29) is 6.61 Å². The zero-order chi connectivity index (χ0) is 45.1. The molecule has 0 saturated heterocycles. The van der Waals surface area contributed by atoms with Gasteiger partial charge in [-0.05, 0) is 38.5 Å². The fourth-order valence-corrected chi connectivity index (χ4v) is 9.19. The summed E-state index contributed by atoms with van der Waals surface area (Å²) in [6.45, 7) is 4.27. The maximum absolute atomic E-state index is 12.6. The predicted octanol–water partition coefficient (Wildman–Crippen LogP) is 17.5. The molecule has 4 N–H and O–H groups in total. The lowest BCUT2D eigenvalue weighted by Crippen LogP contribution is -2.49. The van der Waals surface area contributed by atoms with Crippen LogP contribution in [0.2, 0.25) is 0 Å². The number of aliphatic hydroxyl groups is 3. The van der Waals surface area contributed by atoms with Crippen LogP contribution in [0.15, 0.2) is 12.2 Å². The van der Waals surface area contributed by atoms with Crippen molar-refractivity contribution >= 4 is 5.91 Å². The van der Waals surface area contributed by atoms with Crippen molar-refractivity contribution in [2.75, 3.05) is 6.61 Å². The summed E-state index contributed by atoms with van der Waals surface area (Å²) in [5.41, 5.74) is 0. The first-order chi connectivity index (χ1) is 30.6. The fourth-order valence-electron chi connectivity index (χ4n) is 9.19. The number of nitrogens with one attached hydrogen (secondary N) is 1. The van der Waals surface area contributed by atoms with Crippen LogP contribution in [0.4, 0.5) is 0 Å². The summed E-state index contributed by atoms with van der Waals surface area (Å²) in [6, 6.07) is -0.709. The van der Waals surface area contributed by atoms with Crippen LogP contribution < -0.4 is 5.32 Å². The van der Waals surface area contributed by atoms with Crippen molar-refractivity contribution in [3.8, 4) is 0 Å². The van der Waals surface area contributed by atoms with Crippen molar-refractivity contribution in [3.63, 3.8) is 0 Å². The molecule has 0 heterocycles. The highest BCUT2D eigenvalue weighted by Crippen LogP contribution is 2.18. The summed E-state index contributed by atoms with van der Waals surface area (Å²) in [5, 5.41) is 33.5. The van der Waals surface area contributed by atoms with Crippen LogP contribution in [0.5, 0.6) is 0 Å². The largest absolute Gasteiger partial charge is 0.394 e. The van der Waals surface area contributed by atoms with Gasteiger partial charge in [0, 0.05) is 0 Å². The van der Waals surface area contributed by atoms with E-state index < -0.39 is 24.2 Å². The lowest BCUT2D eigenvalue weighted by Gasteiger charge is -2.23. The van der Waals surface area contributed by atoms with E-state index in [0.717, 1.165) is 32.1 Å². The minimum atomic E-state index is -1.07. The lowest BCUT2D eigenvalue weighted by molar-refractivity contribution is -0.131. The molecular formula is C57H113NO4. The highest BCUT2D eigenvalue weighted by molar-refractivity contribution is 5.80. The maximum Gasteiger partial charge on any atom is 0.249 e. The Labute approximate surface area is 389 Å². The molecule has 0 aromatic rings. The zero-order valence-electron chi connectivity index (χ0n) is 42.3. The molecule has 0 spiro atoms. The van der Waals surface area contributed by atoms with Crippen molar-refractivity contribution in [1.82, 2.24) is 5.32 Å². The standard InChI is InChI=1S/C57H113NO4/c1-3-5-7-9-11-13-15-17-19-21-22-23-24-25-26-27-28-29-30-31-32-33-34-36-38-40-42-44-46-48-50-52-56(61)57(62)58-54(53-59)55(60)51-49-47-45-43-41-39-37-35-20-18-16-14-12-10-8-6-4-2/h25-26,54-56,59-61H,3-24,27-53H2,1-2H3,(H,58,62)/b26-25-. The molecule has 0 aromatic carbocycles. The second-order valence-corrected chi connectivity index (χ2v) is 19.9. The van der Waals surface area contributed by atoms with Gasteiger partial charge in [-0.2, -0.15) is 0 Å². The van der Waals surface area contributed by atoms with Gasteiger partial charge in [-0.15, -0.1) is 0 Å². The van der Waals surface area contributed by atoms with Crippen LogP contribution in [0.1, 0.15) is 322 Å². The van der Waals surface area contributed by atoms with Gasteiger partial charge in [0.1, 0.15) is 6.10 Å². The fraction of sp³-hybridized carbons (Fsp3) is 0.947. The van der Waals surface area contributed by atoms with Crippen molar-refractivity contribution < 1.29 is 20.1 Å². The summed E-state index contributed by atoms with van der Waals surface area (Å²) in [7, 11) is 0. The Bertz CT molecular complexity index is 879. The van der Waals surface area contributed by atoms with Gasteiger partial charge in [0.05, 0.1) is 18.8 Å². The number of rotatable bonds is 53. The third-order valence-corrected chi connectivity index (χ3v) is 13.6. The smallest absolute Gasteiger partial charge is 0.249 e. The van der Waals surface area contributed by atoms with Gasteiger partial charge in [0.15, 0.2) is 0 Å². The van der Waals surface area contributed by atoms with Crippen molar-refractivity contribution in [2.45, 2.75) is 340 Å². The first-order valence-corrected chi connectivity index (χ1v) is 28.5. The lowest BCUT2D eigenvalue weighted by atomic mass is 10.0. The minimum absolute atomic E-state index is 0.309. The van der Waals surface area contributed by atoms with E-state index in [0.29, 0.717) is 12.8 Å². The Kier molecular flexibility index (Phi) is 51.9. The first kappa shape index (κ1) is 61.1. The maximum atomic E-state index is 12.6. The molecule has 0 aliphatic rings. The third kappa shape index (κ3) is 47.1. The number of amides is 1. The predicted molar refractivity (Wildman–Crippen MR) is 273 cm³/mol. The van der Waals surface area contributed by atoms with E-state index in [1.807, 2.05) is 0 Å². The Morgan fingerprint density at radius 2 is 0.613 bits per heavy atom. The molecule has 0 bridgehead atoms. The van der Waals surface area contributed by atoms with Crippen molar-refractivity contribution in [2.24, 2.45) is 0 Å². The molecule has 0 rings (SSSR count). The summed E-state index contributed by atoms with van der Waals surface area (Å²) in [5.74, 6) is -0.464. The molecule has 3 unspecified atom stereocenters. The second kappa shape index (κ2) is 52.7. The number of hydrogen-bond donors (Lipinski definition) is 4. The van der Waals surface area contributed by atoms with Gasteiger partial charge in [0.2, 0.25) is 5.91 Å². The van der Waals surface area contributed by atoms with Crippen molar-refractivity contribution in [3.05, 3.63) is 12.2 Å². The summed E-state index contributed by atoms with van der Waals surface area (Å²) < 4.78 is 0. The average molecular weight is 877 g/mol. The summed E-state index contributed by atoms with van der Waals surface area (Å²) >= 11 is 0. The van der Waals surface area contributed by atoms with Crippen LogP contribution in [0.25, 0.3) is 0 Å². The molecule has 0 radical (unpaired) electrons. The quantitative estimate of drug-likeness (QED) is 0.0362. The number of carbonyl (C=O) groups excluding carboxylic acids is 1. The van der Waals surface area contributed by atoms with Crippen LogP contribution in [0, 0.1) is 0 Å². The average Bonchev–Trinajstić information content (AvgIpc) is 3.28. The van der Waals surface area contributed by atoms with Crippen LogP contribution in [-0.2, 0) is 4.79 Å². The zero-order valence-corrected chi connectivity index (χ0v) is 42.3. The molecular weight excluding hydrogens is 763 g/mol. The van der Waals surface area contributed by atoms with E-state index in [4.69, 9.17) is 0 Å². The number of unbranched alkanes of at least 4 members (excludes halogenated alkanes) is 43. The highest BCUT2D eigenvalue weighted by atomic mass is 16.3. The van der Waals surface area contributed by atoms with E-state index in [2.05, 4.69) is 31.3 Å². The molecule has 1 amide bonds. The molecule has 0 aliphatic carbocycles.